The van der Waals surface area contributed by atoms with Crippen molar-refractivity contribution in [3.05, 3.63) is 48.2 Å². The maximum absolute atomic E-state index is 11.9. The lowest BCUT2D eigenvalue weighted by Gasteiger charge is -2.14. The summed E-state index contributed by atoms with van der Waals surface area (Å²) in [6.07, 6.45) is 3.02. The molecule has 0 bridgehead atoms. The number of rotatable bonds is 8. The third kappa shape index (κ3) is 5.23. The molecule has 1 aromatic carbocycles. The Hall–Kier alpha value is -2.08. The molecule has 0 aliphatic carbocycles. The van der Waals surface area contributed by atoms with Gasteiger partial charge >= 0.3 is 0 Å². The Labute approximate surface area is 144 Å². The monoisotopic (exact) mass is 347 g/mol. The average Bonchev–Trinajstić information content (AvgIpc) is 2.55. The van der Waals surface area contributed by atoms with Gasteiger partial charge < -0.3 is 5.32 Å². The first kappa shape index (κ1) is 18.3. The normalized spacial score (nSPS) is 11.5. The summed E-state index contributed by atoms with van der Waals surface area (Å²) >= 11 is 0. The molecule has 0 amide bonds. The van der Waals surface area contributed by atoms with E-state index in [1.807, 2.05) is 25.1 Å². The van der Waals surface area contributed by atoms with Crippen molar-refractivity contribution < 1.29 is 8.42 Å². The molecule has 5 nitrogen and oxygen atoms in total. The standard InChI is InChI=1S/C18H25N3O2S/c1-4-5-12-24(22,23)21-15-10-11-18(19-13-15)20-17-9-7-6-8-16(17)14(2)3/h6-11,13-14,21H,4-5,12H2,1-3H3,(H,19,20). The maximum atomic E-state index is 11.9. The minimum absolute atomic E-state index is 0.130. The third-order valence-corrected chi connectivity index (χ3v) is 5.02. The smallest absolute Gasteiger partial charge is 0.232 e. The number of sulfonamides is 1. The highest BCUT2D eigenvalue weighted by Crippen LogP contribution is 2.26. The van der Waals surface area contributed by atoms with Crippen LogP contribution < -0.4 is 10.0 Å². The van der Waals surface area contributed by atoms with E-state index in [-0.39, 0.29) is 5.75 Å². The van der Waals surface area contributed by atoms with Crippen molar-refractivity contribution in [2.75, 3.05) is 15.8 Å². The Morgan fingerprint density at radius 2 is 1.88 bits per heavy atom. The number of nitrogens with zero attached hydrogens (tertiary/aromatic N) is 1. The fourth-order valence-electron chi connectivity index (χ4n) is 2.35. The molecule has 0 saturated carbocycles. The number of benzene rings is 1. The van der Waals surface area contributed by atoms with Gasteiger partial charge in [0.05, 0.1) is 17.6 Å². The molecule has 0 unspecified atom stereocenters. The molecule has 0 fully saturated rings. The zero-order chi connectivity index (χ0) is 17.6. The first-order chi connectivity index (χ1) is 11.4. The van der Waals surface area contributed by atoms with Crippen LogP contribution in [-0.4, -0.2) is 19.2 Å². The van der Waals surface area contributed by atoms with E-state index in [4.69, 9.17) is 0 Å². The van der Waals surface area contributed by atoms with Gasteiger partial charge in [0.25, 0.3) is 0 Å². The average molecular weight is 347 g/mol. The summed E-state index contributed by atoms with van der Waals surface area (Å²) in [6.45, 7) is 6.25. The van der Waals surface area contributed by atoms with Crippen LogP contribution >= 0.6 is 0 Å². The van der Waals surface area contributed by atoms with Crippen LogP contribution in [0.5, 0.6) is 0 Å². The highest BCUT2D eigenvalue weighted by Gasteiger charge is 2.10. The molecular formula is C18H25N3O2S. The number of para-hydroxylation sites is 1. The SMILES string of the molecule is CCCCS(=O)(=O)Nc1ccc(Nc2ccccc2C(C)C)nc1. The van der Waals surface area contributed by atoms with Crippen molar-refractivity contribution >= 4 is 27.2 Å². The van der Waals surface area contributed by atoms with Gasteiger partial charge in [0.1, 0.15) is 5.82 Å². The number of hydrogen-bond acceptors (Lipinski definition) is 4. The molecule has 2 rings (SSSR count). The molecule has 130 valence electrons. The van der Waals surface area contributed by atoms with Crippen LogP contribution in [0.2, 0.25) is 0 Å². The molecule has 0 spiro atoms. The van der Waals surface area contributed by atoms with Crippen LogP contribution in [0.15, 0.2) is 42.6 Å². The van der Waals surface area contributed by atoms with Crippen molar-refractivity contribution in [1.29, 1.82) is 0 Å². The molecule has 2 N–H and O–H groups in total. The van der Waals surface area contributed by atoms with Crippen molar-refractivity contribution in [2.24, 2.45) is 0 Å². The van der Waals surface area contributed by atoms with Crippen LogP contribution in [0, 0.1) is 0 Å². The number of hydrogen-bond donors (Lipinski definition) is 2. The Bertz CT molecular complexity index is 756. The molecular weight excluding hydrogens is 322 g/mol. The van der Waals surface area contributed by atoms with Gasteiger partial charge in [-0.1, -0.05) is 45.4 Å². The second-order valence-electron chi connectivity index (χ2n) is 6.07. The number of nitrogens with one attached hydrogen (secondary N) is 2. The molecule has 1 heterocycles. The molecule has 0 aliphatic heterocycles. The van der Waals surface area contributed by atoms with Crippen LogP contribution in [0.4, 0.5) is 17.2 Å². The quantitative estimate of drug-likeness (QED) is 0.738. The van der Waals surface area contributed by atoms with E-state index in [9.17, 15) is 8.42 Å². The molecule has 0 radical (unpaired) electrons. The van der Waals surface area contributed by atoms with E-state index in [0.29, 0.717) is 23.8 Å². The summed E-state index contributed by atoms with van der Waals surface area (Å²) in [7, 11) is -3.30. The summed E-state index contributed by atoms with van der Waals surface area (Å²) in [5.41, 5.74) is 2.70. The van der Waals surface area contributed by atoms with Crippen molar-refractivity contribution in [2.45, 2.75) is 39.5 Å². The largest absolute Gasteiger partial charge is 0.340 e. The highest BCUT2D eigenvalue weighted by atomic mass is 32.2. The Balaban J connectivity index is 2.08. The predicted molar refractivity (Wildman–Crippen MR) is 100 cm³/mol. The fraction of sp³-hybridized carbons (Fsp3) is 0.389. The van der Waals surface area contributed by atoms with Gasteiger partial charge in [-0.15, -0.1) is 0 Å². The lowest BCUT2D eigenvalue weighted by molar-refractivity contribution is 0.598. The number of unbranched alkanes of at least 4 members (excludes halogenated alkanes) is 1. The van der Waals surface area contributed by atoms with Crippen molar-refractivity contribution in [3.63, 3.8) is 0 Å². The number of pyridine rings is 1. The summed E-state index contributed by atoms with van der Waals surface area (Å²) in [5.74, 6) is 1.21. The zero-order valence-electron chi connectivity index (χ0n) is 14.4. The fourth-order valence-corrected chi connectivity index (χ4v) is 3.60. The number of anilines is 3. The zero-order valence-corrected chi connectivity index (χ0v) is 15.2. The van der Waals surface area contributed by atoms with Gasteiger partial charge in [0, 0.05) is 5.69 Å². The van der Waals surface area contributed by atoms with Crippen molar-refractivity contribution in [3.8, 4) is 0 Å². The minimum atomic E-state index is -3.30. The van der Waals surface area contributed by atoms with E-state index >= 15 is 0 Å². The Morgan fingerprint density at radius 3 is 2.50 bits per heavy atom. The summed E-state index contributed by atoms with van der Waals surface area (Å²) in [5, 5.41) is 3.29. The first-order valence-electron chi connectivity index (χ1n) is 8.24. The van der Waals surface area contributed by atoms with E-state index in [1.165, 1.54) is 11.8 Å². The lowest BCUT2D eigenvalue weighted by atomic mass is 10.0. The Morgan fingerprint density at radius 1 is 1.12 bits per heavy atom. The molecule has 6 heteroatoms. The van der Waals surface area contributed by atoms with Crippen LogP contribution in [0.1, 0.15) is 45.1 Å². The topological polar surface area (TPSA) is 71.1 Å². The van der Waals surface area contributed by atoms with Gasteiger partial charge in [-0.25, -0.2) is 13.4 Å². The van der Waals surface area contributed by atoms with Crippen LogP contribution in [-0.2, 0) is 10.0 Å². The lowest BCUT2D eigenvalue weighted by Crippen LogP contribution is -2.16. The van der Waals surface area contributed by atoms with Gasteiger partial charge in [0.2, 0.25) is 10.0 Å². The highest BCUT2D eigenvalue weighted by molar-refractivity contribution is 7.92. The Kier molecular flexibility index (Phi) is 6.20. The second kappa shape index (κ2) is 8.15. The van der Waals surface area contributed by atoms with Crippen molar-refractivity contribution in [1.82, 2.24) is 4.98 Å². The molecule has 0 aliphatic rings. The number of aromatic nitrogens is 1. The molecule has 2 aromatic rings. The third-order valence-electron chi connectivity index (χ3n) is 3.65. The van der Waals surface area contributed by atoms with Crippen LogP contribution in [0.25, 0.3) is 0 Å². The first-order valence-corrected chi connectivity index (χ1v) is 9.89. The minimum Gasteiger partial charge on any atom is -0.340 e. The van der Waals surface area contributed by atoms with Crippen LogP contribution in [0.3, 0.4) is 0 Å². The molecule has 1 aromatic heterocycles. The molecule has 24 heavy (non-hydrogen) atoms. The van der Waals surface area contributed by atoms with Gasteiger partial charge in [-0.2, -0.15) is 0 Å². The maximum Gasteiger partial charge on any atom is 0.232 e. The van der Waals surface area contributed by atoms with E-state index in [0.717, 1.165) is 12.1 Å². The summed E-state index contributed by atoms with van der Waals surface area (Å²) in [6, 6.07) is 11.6. The summed E-state index contributed by atoms with van der Waals surface area (Å²) in [4.78, 5) is 4.30. The van der Waals surface area contributed by atoms with E-state index < -0.39 is 10.0 Å². The van der Waals surface area contributed by atoms with Gasteiger partial charge in [-0.3, -0.25) is 4.72 Å². The molecule has 0 atom stereocenters. The molecule has 0 saturated heterocycles. The summed E-state index contributed by atoms with van der Waals surface area (Å²) < 4.78 is 26.4. The predicted octanol–water partition coefficient (Wildman–Crippen LogP) is 4.49. The van der Waals surface area contributed by atoms with Gasteiger partial charge in [-0.05, 0) is 36.1 Å². The second-order valence-corrected chi connectivity index (χ2v) is 7.92. The van der Waals surface area contributed by atoms with Gasteiger partial charge in [0.15, 0.2) is 0 Å². The van der Waals surface area contributed by atoms with E-state index in [2.05, 4.69) is 34.9 Å². The van der Waals surface area contributed by atoms with E-state index in [1.54, 1.807) is 12.1 Å².